The van der Waals surface area contributed by atoms with E-state index in [1.807, 2.05) is 0 Å². The van der Waals surface area contributed by atoms with Crippen molar-refractivity contribution in [1.82, 2.24) is 10.2 Å². The molecule has 2 N–H and O–H groups in total. The van der Waals surface area contributed by atoms with Gasteiger partial charge in [0.2, 0.25) is 0 Å². The summed E-state index contributed by atoms with van der Waals surface area (Å²) >= 11 is 11.9. The van der Waals surface area contributed by atoms with E-state index in [1.165, 1.54) is 38.8 Å². The van der Waals surface area contributed by atoms with Gasteiger partial charge < -0.3 is 15.3 Å². The van der Waals surface area contributed by atoms with Crippen molar-refractivity contribution in [3.63, 3.8) is 0 Å². The van der Waals surface area contributed by atoms with Crippen LogP contribution in [0, 0.1) is 0 Å². The molecule has 3 nitrogen and oxygen atoms in total. The lowest BCUT2D eigenvalue weighted by Gasteiger charge is -2.33. The molecule has 1 aromatic rings. The Labute approximate surface area is 136 Å². The fourth-order valence-electron chi connectivity index (χ4n) is 3.07. The first-order chi connectivity index (χ1) is 10.1. The van der Waals surface area contributed by atoms with Crippen molar-refractivity contribution in [1.29, 1.82) is 0 Å². The zero-order valence-electron chi connectivity index (χ0n) is 12.1. The predicted octanol–water partition coefficient (Wildman–Crippen LogP) is 3.24. The lowest BCUT2D eigenvalue weighted by Crippen LogP contribution is -2.44. The molecule has 1 aliphatic heterocycles. The number of aliphatic hydroxyl groups is 1. The average molecular weight is 329 g/mol. The maximum absolute atomic E-state index is 10.3. The van der Waals surface area contributed by atoms with Crippen LogP contribution in [0.3, 0.4) is 0 Å². The molecule has 21 heavy (non-hydrogen) atoms. The number of nitrogens with zero attached hydrogens (tertiary/aromatic N) is 1. The number of benzene rings is 1. The van der Waals surface area contributed by atoms with Gasteiger partial charge in [0, 0.05) is 28.7 Å². The van der Waals surface area contributed by atoms with Crippen molar-refractivity contribution in [3.05, 3.63) is 33.8 Å². The molecule has 2 fully saturated rings. The zero-order valence-corrected chi connectivity index (χ0v) is 13.6. The highest BCUT2D eigenvalue weighted by molar-refractivity contribution is 6.34. The monoisotopic (exact) mass is 328 g/mol. The summed E-state index contributed by atoms with van der Waals surface area (Å²) in [6.45, 7) is 2.91. The van der Waals surface area contributed by atoms with Crippen molar-refractivity contribution in [2.75, 3.05) is 19.6 Å². The number of hydrogen-bond acceptors (Lipinski definition) is 3. The third kappa shape index (κ3) is 4.33. The Balaban J connectivity index is 1.46. The van der Waals surface area contributed by atoms with Crippen LogP contribution < -0.4 is 5.32 Å². The number of likely N-dealkylation sites (tertiary alicyclic amines) is 1. The Morgan fingerprint density at radius 3 is 2.29 bits per heavy atom. The van der Waals surface area contributed by atoms with Gasteiger partial charge >= 0.3 is 0 Å². The number of rotatable bonds is 5. The fourth-order valence-corrected chi connectivity index (χ4v) is 3.62. The minimum absolute atomic E-state index is 0.504. The number of hydrogen-bond donors (Lipinski definition) is 2. The van der Waals surface area contributed by atoms with Crippen LogP contribution in [0.1, 0.15) is 37.4 Å². The molecule has 1 saturated carbocycles. The minimum Gasteiger partial charge on any atom is -0.387 e. The van der Waals surface area contributed by atoms with Gasteiger partial charge in [-0.15, -0.1) is 0 Å². The summed E-state index contributed by atoms with van der Waals surface area (Å²) in [5.41, 5.74) is 0.774. The third-order valence-corrected chi connectivity index (χ3v) is 4.90. The average Bonchev–Trinajstić information content (AvgIpc) is 3.29. The molecule has 1 atom stereocenters. The quantitative estimate of drug-likeness (QED) is 0.870. The van der Waals surface area contributed by atoms with Gasteiger partial charge in [0.05, 0.1) is 6.10 Å². The van der Waals surface area contributed by atoms with Crippen LogP contribution in [0.5, 0.6) is 0 Å². The summed E-state index contributed by atoms with van der Waals surface area (Å²) in [4.78, 5) is 2.60. The van der Waals surface area contributed by atoms with Crippen LogP contribution in [-0.4, -0.2) is 41.7 Å². The smallest absolute Gasteiger partial charge is 0.0915 e. The molecule has 0 radical (unpaired) electrons. The second kappa shape index (κ2) is 6.84. The summed E-state index contributed by atoms with van der Waals surface area (Å²) < 4.78 is 0. The number of aliphatic hydroxyl groups excluding tert-OH is 1. The Morgan fingerprint density at radius 1 is 1.10 bits per heavy atom. The summed E-state index contributed by atoms with van der Waals surface area (Å²) in [6.07, 6.45) is 4.53. The van der Waals surface area contributed by atoms with Crippen LogP contribution in [-0.2, 0) is 0 Å². The van der Waals surface area contributed by atoms with Crippen LogP contribution in [0.25, 0.3) is 0 Å². The molecule has 0 bridgehead atoms. The number of piperidine rings is 1. The third-order valence-electron chi connectivity index (χ3n) is 4.46. The summed E-state index contributed by atoms with van der Waals surface area (Å²) in [7, 11) is 0. The van der Waals surface area contributed by atoms with E-state index >= 15 is 0 Å². The van der Waals surface area contributed by atoms with Crippen molar-refractivity contribution in [3.8, 4) is 0 Å². The van der Waals surface area contributed by atoms with E-state index in [2.05, 4.69) is 10.2 Å². The highest BCUT2D eigenvalue weighted by Crippen LogP contribution is 2.29. The van der Waals surface area contributed by atoms with E-state index in [9.17, 15) is 5.11 Å². The van der Waals surface area contributed by atoms with Gasteiger partial charge in [0.1, 0.15) is 0 Å². The highest BCUT2D eigenvalue weighted by Gasteiger charge is 2.31. The normalized spacial score (nSPS) is 22.4. The summed E-state index contributed by atoms with van der Waals surface area (Å²) in [5, 5.41) is 14.9. The molecule has 1 saturated heterocycles. The first-order valence-electron chi connectivity index (χ1n) is 7.73. The van der Waals surface area contributed by atoms with Gasteiger partial charge in [-0.2, -0.15) is 0 Å². The first-order valence-corrected chi connectivity index (χ1v) is 8.49. The van der Waals surface area contributed by atoms with E-state index in [0.717, 1.165) is 11.6 Å². The van der Waals surface area contributed by atoms with E-state index in [0.29, 0.717) is 22.6 Å². The summed E-state index contributed by atoms with van der Waals surface area (Å²) in [5.74, 6) is 0. The van der Waals surface area contributed by atoms with Crippen molar-refractivity contribution >= 4 is 23.2 Å². The molecule has 0 spiro atoms. The largest absolute Gasteiger partial charge is 0.387 e. The Kier molecular flexibility index (Phi) is 5.07. The maximum Gasteiger partial charge on any atom is 0.0915 e. The van der Waals surface area contributed by atoms with Crippen molar-refractivity contribution < 1.29 is 5.11 Å². The van der Waals surface area contributed by atoms with Gasteiger partial charge in [0.15, 0.2) is 0 Å². The molecule has 1 heterocycles. The van der Waals surface area contributed by atoms with Gasteiger partial charge in [0.25, 0.3) is 0 Å². The second-order valence-electron chi connectivity index (χ2n) is 6.17. The second-order valence-corrected chi connectivity index (χ2v) is 7.04. The van der Waals surface area contributed by atoms with E-state index in [-0.39, 0.29) is 0 Å². The molecule has 116 valence electrons. The molecule has 1 aliphatic carbocycles. The lowest BCUT2D eigenvalue weighted by atomic mass is 10.0. The molecule has 2 aliphatic rings. The van der Waals surface area contributed by atoms with Gasteiger partial charge in [-0.3, -0.25) is 0 Å². The topological polar surface area (TPSA) is 35.5 Å². The lowest BCUT2D eigenvalue weighted by molar-refractivity contribution is 0.149. The SMILES string of the molecule is OC(CNC1CCN(C2CC2)CC1)c1cc(Cl)cc(Cl)c1. The van der Waals surface area contributed by atoms with Crippen LogP contribution in [0.2, 0.25) is 10.0 Å². The minimum atomic E-state index is -0.567. The maximum atomic E-state index is 10.3. The van der Waals surface area contributed by atoms with E-state index in [4.69, 9.17) is 23.2 Å². The fraction of sp³-hybridized carbons (Fsp3) is 0.625. The highest BCUT2D eigenvalue weighted by atomic mass is 35.5. The molecular formula is C16H22Cl2N2O. The van der Waals surface area contributed by atoms with Crippen molar-refractivity contribution in [2.24, 2.45) is 0 Å². The first kappa shape index (κ1) is 15.6. The Bertz CT molecular complexity index is 465. The van der Waals surface area contributed by atoms with Crippen LogP contribution >= 0.6 is 23.2 Å². The van der Waals surface area contributed by atoms with Gasteiger partial charge in [-0.05, 0) is 62.5 Å². The van der Waals surface area contributed by atoms with E-state index < -0.39 is 6.10 Å². The molecule has 1 unspecified atom stereocenters. The van der Waals surface area contributed by atoms with Gasteiger partial charge in [-0.1, -0.05) is 23.2 Å². The van der Waals surface area contributed by atoms with Crippen molar-refractivity contribution in [2.45, 2.75) is 43.9 Å². The molecule has 5 heteroatoms. The standard InChI is InChI=1S/C16H22Cl2N2O/c17-12-7-11(8-13(18)9-12)16(21)10-19-14-3-5-20(6-4-14)15-1-2-15/h7-9,14-16,19,21H,1-6,10H2. The predicted molar refractivity (Wildman–Crippen MR) is 87.0 cm³/mol. The molecule has 1 aromatic carbocycles. The summed E-state index contributed by atoms with van der Waals surface area (Å²) in [6, 6.07) is 6.60. The van der Waals surface area contributed by atoms with Crippen LogP contribution in [0.4, 0.5) is 0 Å². The number of halogens is 2. The zero-order chi connectivity index (χ0) is 14.8. The van der Waals surface area contributed by atoms with Gasteiger partial charge in [-0.25, -0.2) is 0 Å². The molecule has 0 amide bonds. The Morgan fingerprint density at radius 2 is 1.71 bits per heavy atom. The van der Waals surface area contributed by atoms with E-state index in [1.54, 1.807) is 18.2 Å². The Hall–Kier alpha value is -0.320. The molecule has 0 aromatic heterocycles. The van der Waals surface area contributed by atoms with Crippen LogP contribution in [0.15, 0.2) is 18.2 Å². The molecular weight excluding hydrogens is 307 g/mol. The number of nitrogens with one attached hydrogen (secondary N) is 1. The molecule has 3 rings (SSSR count).